The van der Waals surface area contributed by atoms with Crippen LogP contribution in [0.3, 0.4) is 0 Å². The predicted molar refractivity (Wildman–Crippen MR) is 355 cm³/mol. The molecule has 0 aromatic rings. The number of nitrogens with zero attached hydrogens (tertiary/aromatic N) is 1. The SMILES string of the molecule is CC/C=C\C/C=C\C/C=C\C/C=C\C/C=C\C/C=C\C/C=C\C/C=C\C/C=C\C/C=C\CCCCCCCCCCCCC(=O)NC(COP(=O)(O)OCC[N+](C)(C)C)C(O)/C=C/CCCCCCCCCCCCCCCCCC. The Labute approximate surface area is 500 Å². The van der Waals surface area contributed by atoms with Gasteiger partial charge in [-0.15, -0.1) is 0 Å². The van der Waals surface area contributed by atoms with Gasteiger partial charge in [0.2, 0.25) is 5.91 Å². The lowest BCUT2D eigenvalue weighted by molar-refractivity contribution is -0.870. The molecule has 0 aromatic carbocycles. The molecular formula is C72H126N2O6P+. The lowest BCUT2D eigenvalue weighted by Crippen LogP contribution is -2.45. The first-order valence-corrected chi connectivity index (χ1v) is 34.6. The molecule has 0 heterocycles. The van der Waals surface area contributed by atoms with E-state index < -0.39 is 20.0 Å². The van der Waals surface area contributed by atoms with Gasteiger partial charge in [0.1, 0.15) is 13.2 Å². The van der Waals surface area contributed by atoms with Crippen molar-refractivity contribution >= 4 is 13.7 Å². The normalized spacial score (nSPS) is 14.6. The number of allylic oxidation sites excluding steroid dienone is 21. The highest BCUT2D eigenvalue weighted by molar-refractivity contribution is 7.47. The molecule has 81 heavy (non-hydrogen) atoms. The van der Waals surface area contributed by atoms with Crippen LogP contribution in [-0.2, 0) is 18.4 Å². The summed E-state index contributed by atoms with van der Waals surface area (Å²) >= 11 is 0. The number of carbonyl (C=O) groups is 1. The van der Waals surface area contributed by atoms with Crippen molar-refractivity contribution in [2.45, 2.75) is 276 Å². The van der Waals surface area contributed by atoms with Crippen molar-refractivity contribution < 1.29 is 32.9 Å². The first kappa shape index (κ1) is 77.6. The summed E-state index contributed by atoms with van der Waals surface area (Å²) in [6, 6.07) is -0.858. The summed E-state index contributed by atoms with van der Waals surface area (Å²) in [5.74, 6) is -0.185. The van der Waals surface area contributed by atoms with Crippen LogP contribution in [0.15, 0.2) is 134 Å². The maximum Gasteiger partial charge on any atom is 0.472 e. The zero-order valence-corrected chi connectivity index (χ0v) is 53.9. The van der Waals surface area contributed by atoms with E-state index in [2.05, 4.69) is 141 Å². The molecular weight excluding hydrogens is 1020 g/mol. The highest BCUT2D eigenvalue weighted by atomic mass is 31.2. The van der Waals surface area contributed by atoms with Crippen LogP contribution in [0.2, 0.25) is 0 Å². The summed E-state index contributed by atoms with van der Waals surface area (Å²) in [5.41, 5.74) is 0. The number of nitrogens with one attached hydrogen (secondary N) is 1. The molecule has 0 saturated carbocycles. The molecule has 3 atom stereocenters. The van der Waals surface area contributed by atoms with Gasteiger partial charge in [-0.2, -0.15) is 0 Å². The van der Waals surface area contributed by atoms with Crippen LogP contribution in [0.25, 0.3) is 0 Å². The van der Waals surface area contributed by atoms with Crippen LogP contribution in [0, 0.1) is 0 Å². The number of phosphoric ester groups is 1. The van der Waals surface area contributed by atoms with E-state index in [-0.39, 0.29) is 19.1 Å². The highest BCUT2D eigenvalue weighted by Crippen LogP contribution is 2.43. The van der Waals surface area contributed by atoms with Crippen LogP contribution in [-0.4, -0.2) is 73.4 Å². The number of quaternary nitrogens is 1. The first-order valence-electron chi connectivity index (χ1n) is 33.1. The van der Waals surface area contributed by atoms with E-state index in [9.17, 15) is 19.4 Å². The Kier molecular flexibility index (Phi) is 58.7. The van der Waals surface area contributed by atoms with E-state index in [1.165, 1.54) is 135 Å². The Balaban J connectivity index is 4.11. The average molecular weight is 1150 g/mol. The van der Waals surface area contributed by atoms with E-state index in [0.717, 1.165) is 109 Å². The summed E-state index contributed by atoms with van der Waals surface area (Å²) in [7, 11) is 1.56. The number of aliphatic hydroxyl groups is 1. The Morgan fingerprint density at radius 1 is 0.432 bits per heavy atom. The number of amides is 1. The van der Waals surface area contributed by atoms with E-state index in [0.29, 0.717) is 17.4 Å². The predicted octanol–water partition coefficient (Wildman–Crippen LogP) is 21.0. The highest BCUT2D eigenvalue weighted by Gasteiger charge is 2.27. The summed E-state index contributed by atoms with van der Waals surface area (Å²) in [6.45, 7) is 4.70. The van der Waals surface area contributed by atoms with Gasteiger partial charge in [0, 0.05) is 6.42 Å². The van der Waals surface area contributed by atoms with Crippen molar-refractivity contribution in [3.63, 3.8) is 0 Å². The largest absolute Gasteiger partial charge is 0.472 e. The number of rotatable bonds is 59. The summed E-state index contributed by atoms with van der Waals surface area (Å²) in [6.07, 6.45) is 92.8. The van der Waals surface area contributed by atoms with E-state index >= 15 is 0 Å². The van der Waals surface area contributed by atoms with Crippen LogP contribution in [0.4, 0.5) is 0 Å². The van der Waals surface area contributed by atoms with Gasteiger partial charge in [-0.05, 0) is 96.3 Å². The van der Waals surface area contributed by atoms with Gasteiger partial charge in [-0.3, -0.25) is 13.8 Å². The zero-order chi connectivity index (χ0) is 59.1. The number of unbranched alkanes of at least 4 members (excludes halogenated alkanes) is 26. The molecule has 0 aliphatic heterocycles. The first-order chi connectivity index (χ1) is 39.5. The van der Waals surface area contributed by atoms with Crippen molar-refractivity contribution in [1.82, 2.24) is 5.32 Å². The summed E-state index contributed by atoms with van der Waals surface area (Å²) in [5, 5.41) is 14.0. The third kappa shape index (κ3) is 64.1. The van der Waals surface area contributed by atoms with Crippen LogP contribution < -0.4 is 5.32 Å². The Hall–Kier alpha value is -3.36. The molecule has 3 unspecified atom stereocenters. The van der Waals surface area contributed by atoms with Gasteiger partial charge in [0.25, 0.3) is 0 Å². The second kappa shape index (κ2) is 61.2. The van der Waals surface area contributed by atoms with Gasteiger partial charge in [0.05, 0.1) is 39.9 Å². The third-order valence-electron chi connectivity index (χ3n) is 14.1. The molecule has 0 saturated heterocycles. The summed E-state index contributed by atoms with van der Waals surface area (Å²) < 4.78 is 23.8. The van der Waals surface area contributed by atoms with Crippen LogP contribution in [0.1, 0.15) is 264 Å². The molecule has 0 bridgehead atoms. The number of hydrogen-bond acceptors (Lipinski definition) is 5. The number of hydrogen-bond donors (Lipinski definition) is 3. The van der Waals surface area contributed by atoms with E-state index in [4.69, 9.17) is 9.05 Å². The third-order valence-corrected chi connectivity index (χ3v) is 15.1. The number of phosphoric acid groups is 1. The molecule has 8 nitrogen and oxygen atoms in total. The molecule has 1 amide bonds. The average Bonchev–Trinajstić information content (AvgIpc) is 3.43. The van der Waals surface area contributed by atoms with Gasteiger partial charge in [-0.25, -0.2) is 4.57 Å². The Morgan fingerprint density at radius 3 is 1.09 bits per heavy atom. The molecule has 3 N–H and O–H groups in total. The lowest BCUT2D eigenvalue weighted by atomic mass is 10.0. The van der Waals surface area contributed by atoms with Crippen molar-refractivity contribution in [2.24, 2.45) is 0 Å². The van der Waals surface area contributed by atoms with Gasteiger partial charge in [-0.1, -0.05) is 295 Å². The molecule has 0 spiro atoms. The quantitative estimate of drug-likeness (QED) is 0.0243. The Morgan fingerprint density at radius 2 is 0.741 bits per heavy atom. The topological polar surface area (TPSA) is 105 Å². The standard InChI is InChI=1S/C72H125N2O6P/c1-6-8-10-12-14-16-18-20-22-24-26-27-28-29-30-31-32-33-34-35-36-37-38-39-40-41-42-43-44-45-46-47-48-50-52-54-56-58-60-62-64-66-72(76)73-70(69-80-81(77,78)79-68-67-74(3,4)5)71(75)65-63-61-59-57-55-53-51-49-25-23-21-19-17-15-13-11-9-7-2/h8,10,14,16,20,22,26-27,29-30,32-33,35-36,38-39,41-42,44-45,63,65,70-71,75H,6-7,9,11-13,15,17-19,21,23-25,28,31,34,37,40,43,46-62,64,66-69H2,1-5H3,(H-,73,76,77,78)/p+1/b10-8-,16-14-,22-20-,27-26-,30-29-,33-32-,36-35-,39-38-,42-41-,45-44-,65-63+. The molecule has 0 radical (unpaired) electrons. The Bertz CT molecular complexity index is 1780. The molecule has 0 fully saturated rings. The molecule has 464 valence electrons. The van der Waals surface area contributed by atoms with Crippen molar-refractivity contribution in [3.8, 4) is 0 Å². The molecule has 0 rings (SSSR count). The number of aliphatic hydroxyl groups excluding tert-OH is 1. The van der Waals surface area contributed by atoms with Gasteiger partial charge >= 0.3 is 7.82 Å². The minimum Gasteiger partial charge on any atom is -0.387 e. The maximum absolute atomic E-state index is 13.0. The van der Waals surface area contributed by atoms with Gasteiger partial charge < -0.3 is 19.8 Å². The minimum atomic E-state index is -4.36. The molecule has 9 heteroatoms. The van der Waals surface area contributed by atoms with Crippen molar-refractivity contribution in [1.29, 1.82) is 0 Å². The second-order valence-corrected chi connectivity index (χ2v) is 24.6. The maximum atomic E-state index is 13.0. The van der Waals surface area contributed by atoms with Crippen LogP contribution >= 0.6 is 7.82 Å². The zero-order valence-electron chi connectivity index (χ0n) is 53.0. The van der Waals surface area contributed by atoms with Crippen LogP contribution in [0.5, 0.6) is 0 Å². The summed E-state index contributed by atoms with van der Waals surface area (Å²) in [4.78, 5) is 23.4. The number of carbonyl (C=O) groups excluding carboxylic acids is 1. The number of likely N-dealkylation sites (N-methyl/N-ethyl adjacent to an activating group) is 1. The van der Waals surface area contributed by atoms with Crippen molar-refractivity contribution in [3.05, 3.63) is 134 Å². The smallest absolute Gasteiger partial charge is 0.387 e. The molecule has 0 aliphatic carbocycles. The lowest BCUT2D eigenvalue weighted by Gasteiger charge is -2.25. The van der Waals surface area contributed by atoms with Gasteiger partial charge in [0.15, 0.2) is 0 Å². The fraction of sp³-hybridized carbons (Fsp3) is 0.681. The monoisotopic (exact) mass is 1150 g/mol. The second-order valence-electron chi connectivity index (χ2n) is 23.1. The minimum absolute atomic E-state index is 0.0554. The fourth-order valence-corrected chi connectivity index (χ4v) is 9.75. The van der Waals surface area contributed by atoms with E-state index in [1.54, 1.807) is 6.08 Å². The molecule has 0 aliphatic rings. The van der Waals surface area contributed by atoms with Crippen molar-refractivity contribution in [2.75, 3.05) is 40.9 Å². The van der Waals surface area contributed by atoms with E-state index in [1.807, 2.05) is 27.2 Å². The molecule has 0 aromatic heterocycles. The fourth-order valence-electron chi connectivity index (χ4n) is 9.01.